The van der Waals surface area contributed by atoms with E-state index in [1.165, 1.54) is 0 Å². The van der Waals surface area contributed by atoms with Crippen LogP contribution in [0.1, 0.15) is 30.4 Å². The average Bonchev–Trinajstić information content (AvgIpc) is 3.02. The number of rotatable bonds is 2. The number of benzene rings is 2. The van der Waals surface area contributed by atoms with Gasteiger partial charge in [0.15, 0.2) is 5.78 Å². The molecule has 0 saturated heterocycles. The van der Waals surface area contributed by atoms with Gasteiger partial charge in [-0.25, -0.2) is 0 Å². The highest BCUT2D eigenvalue weighted by molar-refractivity contribution is 6.30. The number of carbonyl (C=O) groups is 1. The molecule has 2 aromatic rings. The summed E-state index contributed by atoms with van der Waals surface area (Å²) < 4.78 is 0. The van der Waals surface area contributed by atoms with Crippen LogP contribution in [0.3, 0.4) is 0 Å². The highest BCUT2D eigenvalue weighted by Gasteiger charge is 2.41. The molecule has 122 valence electrons. The molecule has 0 aromatic heterocycles. The molecular weight excluding hydrogens is 320 g/mol. The number of fused-ring (bicyclic) bond motifs is 2. The summed E-state index contributed by atoms with van der Waals surface area (Å²) in [7, 11) is 0. The van der Waals surface area contributed by atoms with Crippen molar-refractivity contribution in [1.82, 2.24) is 0 Å². The normalized spacial score (nSPS) is 23.0. The number of Topliss-reactive ketones (excluding diaryl/α,β-unsaturated/α-hetero) is 1. The number of aliphatic hydroxyl groups excluding tert-OH is 1. The van der Waals surface area contributed by atoms with E-state index in [0.29, 0.717) is 16.4 Å². The lowest BCUT2D eigenvalue weighted by atomic mass is 9.81. The third-order valence-electron chi connectivity index (χ3n) is 5.36. The van der Waals surface area contributed by atoms with E-state index in [1.54, 1.807) is 0 Å². The summed E-state index contributed by atoms with van der Waals surface area (Å²) in [4.78, 5) is 12.8. The first-order valence-electron chi connectivity index (χ1n) is 8.39. The molecule has 0 radical (unpaired) electrons. The van der Waals surface area contributed by atoms with Crippen molar-refractivity contribution in [2.24, 2.45) is 11.8 Å². The quantitative estimate of drug-likeness (QED) is 0.775. The molecule has 4 rings (SSSR count). The molecule has 1 fully saturated rings. The Hall–Kier alpha value is -2.06. The topological polar surface area (TPSA) is 37.3 Å². The minimum Gasteiger partial charge on any atom is -0.511 e. The van der Waals surface area contributed by atoms with Crippen LogP contribution in [0, 0.1) is 18.8 Å². The number of aryl methyl sites for hydroxylation is 1. The molecule has 2 aliphatic rings. The molecule has 1 N–H and O–H groups in total. The Labute approximate surface area is 146 Å². The molecule has 2 aromatic carbocycles. The highest BCUT2D eigenvalue weighted by atomic mass is 35.5. The van der Waals surface area contributed by atoms with Gasteiger partial charge in [-0.2, -0.15) is 0 Å². The lowest BCUT2D eigenvalue weighted by Gasteiger charge is -2.23. The molecule has 1 saturated carbocycles. The van der Waals surface area contributed by atoms with Crippen molar-refractivity contribution in [3.05, 3.63) is 64.4 Å². The van der Waals surface area contributed by atoms with Gasteiger partial charge in [0.05, 0.1) is 5.57 Å². The largest absolute Gasteiger partial charge is 0.511 e. The van der Waals surface area contributed by atoms with E-state index in [-0.39, 0.29) is 17.6 Å². The first kappa shape index (κ1) is 15.5. The zero-order valence-corrected chi connectivity index (χ0v) is 14.3. The number of hydrogen-bond donors (Lipinski definition) is 1. The molecule has 2 atom stereocenters. The Morgan fingerprint density at radius 3 is 2.58 bits per heavy atom. The number of carbonyl (C=O) groups excluding carboxylic acids is 1. The molecular formula is C21H19ClO2. The van der Waals surface area contributed by atoms with E-state index < -0.39 is 0 Å². The maximum absolute atomic E-state index is 12.8. The van der Waals surface area contributed by atoms with E-state index in [9.17, 15) is 9.90 Å². The van der Waals surface area contributed by atoms with Crippen LogP contribution in [0.2, 0.25) is 5.02 Å². The fourth-order valence-electron chi connectivity index (χ4n) is 4.01. The summed E-state index contributed by atoms with van der Waals surface area (Å²) in [5, 5.41) is 11.3. The van der Waals surface area contributed by atoms with Gasteiger partial charge in [0.2, 0.25) is 0 Å². The van der Waals surface area contributed by atoms with Gasteiger partial charge in [-0.15, -0.1) is 0 Å². The predicted molar refractivity (Wildman–Crippen MR) is 97.0 cm³/mol. The van der Waals surface area contributed by atoms with Gasteiger partial charge >= 0.3 is 0 Å². The lowest BCUT2D eigenvalue weighted by Crippen LogP contribution is -2.21. The standard InChI is InChI=1S/C21H19ClO2/c1-12-5-6-14(13-3-2-4-17(22)10-13)11-18(12)19-20(23)15-7-8-16(9-15)21(19)24/h2-6,10-11,15-16,23H,7-9H2,1H3. The lowest BCUT2D eigenvalue weighted by molar-refractivity contribution is -0.117. The van der Waals surface area contributed by atoms with Crippen LogP contribution in [0.5, 0.6) is 0 Å². The third kappa shape index (κ3) is 2.46. The van der Waals surface area contributed by atoms with E-state index in [2.05, 4.69) is 0 Å². The Bertz CT molecular complexity index is 866. The molecule has 24 heavy (non-hydrogen) atoms. The maximum atomic E-state index is 12.8. The van der Waals surface area contributed by atoms with Crippen LogP contribution in [-0.4, -0.2) is 10.9 Å². The summed E-state index contributed by atoms with van der Waals surface area (Å²) in [6.45, 7) is 1.99. The Morgan fingerprint density at radius 2 is 1.79 bits per heavy atom. The molecule has 0 spiro atoms. The van der Waals surface area contributed by atoms with Crippen LogP contribution in [0.15, 0.2) is 48.2 Å². The van der Waals surface area contributed by atoms with E-state index in [0.717, 1.165) is 41.5 Å². The first-order valence-corrected chi connectivity index (χ1v) is 8.76. The van der Waals surface area contributed by atoms with Crippen LogP contribution in [-0.2, 0) is 4.79 Å². The van der Waals surface area contributed by atoms with Crippen molar-refractivity contribution >= 4 is 23.0 Å². The molecule has 2 aliphatic carbocycles. The van der Waals surface area contributed by atoms with Crippen molar-refractivity contribution in [3.63, 3.8) is 0 Å². The summed E-state index contributed by atoms with van der Waals surface area (Å²) in [5.41, 5.74) is 4.41. The third-order valence-corrected chi connectivity index (χ3v) is 5.59. The molecule has 3 heteroatoms. The monoisotopic (exact) mass is 338 g/mol. The predicted octanol–water partition coefficient (Wildman–Crippen LogP) is 5.58. The van der Waals surface area contributed by atoms with Crippen LogP contribution in [0.4, 0.5) is 0 Å². The van der Waals surface area contributed by atoms with Crippen molar-refractivity contribution < 1.29 is 9.90 Å². The summed E-state index contributed by atoms with van der Waals surface area (Å²) >= 11 is 6.10. The fourth-order valence-corrected chi connectivity index (χ4v) is 4.20. The summed E-state index contributed by atoms with van der Waals surface area (Å²) in [6.07, 6.45) is 2.62. The van der Waals surface area contributed by atoms with Crippen molar-refractivity contribution in [1.29, 1.82) is 0 Å². The second-order valence-electron chi connectivity index (χ2n) is 6.87. The average molecular weight is 339 g/mol. The van der Waals surface area contributed by atoms with Gasteiger partial charge < -0.3 is 5.11 Å². The second-order valence-corrected chi connectivity index (χ2v) is 7.31. The van der Waals surface area contributed by atoms with Crippen LogP contribution in [0.25, 0.3) is 16.7 Å². The zero-order valence-electron chi connectivity index (χ0n) is 13.6. The zero-order chi connectivity index (χ0) is 16.8. The van der Waals surface area contributed by atoms with Gasteiger partial charge in [-0.1, -0.05) is 35.9 Å². The molecule has 2 bridgehead atoms. The van der Waals surface area contributed by atoms with Gasteiger partial charge in [-0.3, -0.25) is 4.79 Å². The first-order chi connectivity index (χ1) is 11.5. The minimum absolute atomic E-state index is 0.0788. The number of halogens is 1. The summed E-state index contributed by atoms with van der Waals surface area (Å²) in [6, 6.07) is 13.7. The molecule has 0 aliphatic heterocycles. The summed E-state index contributed by atoms with van der Waals surface area (Å²) in [5.74, 6) is 0.625. The van der Waals surface area contributed by atoms with Gasteiger partial charge in [0.25, 0.3) is 0 Å². The number of allylic oxidation sites excluding steroid dienone is 2. The van der Waals surface area contributed by atoms with E-state index in [1.807, 2.05) is 49.4 Å². The van der Waals surface area contributed by atoms with Crippen molar-refractivity contribution in [2.75, 3.05) is 0 Å². The molecule has 2 unspecified atom stereocenters. The number of aliphatic hydroxyl groups is 1. The number of hydrogen-bond acceptors (Lipinski definition) is 2. The van der Waals surface area contributed by atoms with Gasteiger partial charge in [0.1, 0.15) is 5.76 Å². The number of ketones is 1. The fraction of sp³-hybridized carbons (Fsp3) is 0.286. The minimum atomic E-state index is 0.0788. The van der Waals surface area contributed by atoms with Gasteiger partial charge in [0, 0.05) is 16.9 Å². The van der Waals surface area contributed by atoms with E-state index in [4.69, 9.17) is 11.6 Å². The van der Waals surface area contributed by atoms with Gasteiger partial charge in [-0.05, 0) is 66.6 Å². The van der Waals surface area contributed by atoms with Crippen molar-refractivity contribution in [2.45, 2.75) is 26.2 Å². The van der Waals surface area contributed by atoms with E-state index >= 15 is 0 Å². The Morgan fingerprint density at radius 1 is 1.04 bits per heavy atom. The molecule has 0 heterocycles. The molecule has 2 nitrogen and oxygen atoms in total. The van der Waals surface area contributed by atoms with Crippen LogP contribution < -0.4 is 0 Å². The Kier molecular flexibility index (Phi) is 3.73. The second kappa shape index (κ2) is 5.78. The van der Waals surface area contributed by atoms with Crippen LogP contribution >= 0.6 is 11.6 Å². The maximum Gasteiger partial charge on any atom is 0.169 e. The highest BCUT2D eigenvalue weighted by Crippen LogP contribution is 2.46. The van der Waals surface area contributed by atoms with Crippen molar-refractivity contribution in [3.8, 4) is 11.1 Å². The SMILES string of the molecule is Cc1ccc(-c2cccc(Cl)c2)cc1C1=C(O)C2CCC(C2)C1=O. The molecule has 0 amide bonds. The Balaban J connectivity index is 1.85. The smallest absolute Gasteiger partial charge is 0.169 e.